The quantitative estimate of drug-likeness (QED) is 0.924. The average Bonchev–Trinajstić information content (AvgIpc) is 2.54. The Hall–Kier alpha value is -1.35. The Morgan fingerprint density at radius 2 is 2.05 bits per heavy atom. The predicted octanol–water partition coefficient (Wildman–Crippen LogP) is 3.53. The van der Waals surface area contributed by atoms with Gasteiger partial charge in [0.2, 0.25) is 5.91 Å². The highest BCUT2D eigenvalue weighted by atomic mass is 16.1. The molecule has 1 aliphatic heterocycles. The summed E-state index contributed by atoms with van der Waals surface area (Å²) in [6.45, 7) is 4.78. The summed E-state index contributed by atoms with van der Waals surface area (Å²) in [6, 6.07) is 7.43. The number of hydrogen-bond acceptors (Lipinski definition) is 2. The van der Waals surface area contributed by atoms with E-state index in [1.807, 2.05) is 0 Å². The number of fused-ring (bicyclic) bond motifs is 1. The van der Waals surface area contributed by atoms with Crippen molar-refractivity contribution in [3.05, 3.63) is 34.9 Å². The molecule has 1 amide bonds. The van der Waals surface area contributed by atoms with E-state index in [9.17, 15) is 4.79 Å². The highest BCUT2D eigenvalue weighted by Gasteiger charge is 2.24. The lowest BCUT2D eigenvalue weighted by atomic mass is 9.80. The molecule has 0 saturated carbocycles. The number of likely N-dealkylation sites (tertiary alicyclic amines) is 1. The van der Waals surface area contributed by atoms with Crippen LogP contribution >= 0.6 is 0 Å². The summed E-state index contributed by atoms with van der Waals surface area (Å²) in [5.74, 6) is 0.157. The molecule has 1 unspecified atom stereocenters. The van der Waals surface area contributed by atoms with Gasteiger partial charge >= 0.3 is 0 Å². The standard InChI is InChI=1S/C19H28N2O/c1-14(21-10-3-2-4-11-21)15-8-9-18-16(12-15)6-5-7-17(18)13-19(20)22/h8-9,12,14,17H,2-7,10-11,13H2,1H3,(H2,20,22)/t14?,17-/m1/s1. The topological polar surface area (TPSA) is 46.3 Å². The van der Waals surface area contributed by atoms with Crippen molar-refractivity contribution < 1.29 is 4.79 Å². The van der Waals surface area contributed by atoms with E-state index in [4.69, 9.17) is 5.73 Å². The molecule has 3 nitrogen and oxygen atoms in total. The Morgan fingerprint density at radius 1 is 1.27 bits per heavy atom. The molecular weight excluding hydrogens is 272 g/mol. The monoisotopic (exact) mass is 300 g/mol. The van der Waals surface area contributed by atoms with Gasteiger partial charge in [-0.1, -0.05) is 24.6 Å². The minimum absolute atomic E-state index is 0.177. The van der Waals surface area contributed by atoms with Crippen LogP contribution in [0, 0.1) is 0 Å². The molecule has 1 fully saturated rings. The Morgan fingerprint density at radius 3 is 2.77 bits per heavy atom. The summed E-state index contributed by atoms with van der Waals surface area (Å²) in [5.41, 5.74) is 9.65. The first-order valence-corrected chi connectivity index (χ1v) is 8.80. The van der Waals surface area contributed by atoms with Crippen molar-refractivity contribution in [2.75, 3.05) is 13.1 Å². The molecule has 1 aromatic carbocycles. The van der Waals surface area contributed by atoms with Crippen LogP contribution in [-0.4, -0.2) is 23.9 Å². The molecule has 3 rings (SSSR count). The number of benzene rings is 1. The van der Waals surface area contributed by atoms with Crippen molar-refractivity contribution in [3.63, 3.8) is 0 Å². The molecule has 0 bridgehead atoms. The molecule has 2 atom stereocenters. The number of carbonyl (C=O) groups excluding carboxylic acids is 1. The van der Waals surface area contributed by atoms with Gasteiger partial charge in [-0.05, 0) is 74.7 Å². The minimum atomic E-state index is -0.177. The van der Waals surface area contributed by atoms with Crippen LogP contribution in [0.25, 0.3) is 0 Å². The molecule has 1 aromatic rings. The summed E-state index contributed by atoms with van der Waals surface area (Å²) in [5, 5.41) is 0. The Kier molecular flexibility index (Phi) is 4.82. The zero-order chi connectivity index (χ0) is 15.5. The molecular formula is C19H28N2O. The van der Waals surface area contributed by atoms with Gasteiger partial charge in [-0.25, -0.2) is 0 Å². The molecule has 0 aromatic heterocycles. The number of nitrogens with zero attached hydrogens (tertiary/aromatic N) is 1. The molecule has 2 N–H and O–H groups in total. The van der Waals surface area contributed by atoms with Crippen molar-refractivity contribution in [3.8, 4) is 0 Å². The second-order valence-corrected chi connectivity index (χ2v) is 6.99. The number of amides is 1. The zero-order valence-corrected chi connectivity index (χ0v) is 13.7. The van der Waals surface area contributed by atoms with Crippen molar-refractivity contribution >= 4 is 5.91 Å². The summed E-state index contributed by atoms with van der Waals surface area (Å²) in [4.78, 5) is 13.9. The first kappa shape index (κ1) is 15.5. The lowest BCUT2D eigenvalue weighted by molar-refractivity contribution is -0.118. The SMILES string of the molecule is CC(c1ccc2c(c1)CCC[C@@H]2CC(N)=O)N1CCCCC1. The Labute approximate surface area is 133 Å². The van der Waals surface area contributed by atoms with E-state index in [0.29, 0.717) is 18.4 Å². The van der Waals surface area contributed by atoms with E-state index in [0.717, 1.165) is 12.8 Å². The second kappa shape index (κ2) is 6.82. The number of nitrogens with two attached hydrogens (primary N) is 1. The molecule has 0 radical (unpaired) electrons. The molecule has 0 spiro atoms. The maximum absolute atomic E-state index is 11.3. The Balaban J connectivity index is 1.79. The molecule has 22 heavy (non-hydrogen) atoms. The van der Waals surface area contributed by atoms with Gasteiger partial charge in [-0.3, -0.25) is 9.69 Å². The van der Waals surface area contributed by atoms with E-state index in [-0.39, 0.29) is 5.91 Å². The molecule has 3 heteroatoms. The summed E-state index contributed by atoms with van der Waals surface area (Å²) in [7, 11) is 0. The van der Waals surface area contributed by atoms with Crippen molar-refractivity contribution in [1.82, 2.24) is 4.90 Å². The Bertz CT molecular complexity index is 534. The van der Waals surface area contributed by atoms with Gasteiger partial charge in [-0.15, -0.1) is 0 Å². The smallest absolute Gasteiger partial charge is 0.218 e. The molecule has 120 valence electrons. The summed E-state index contributed by atoms with van der Waals surface area (Å²) in [6.07, 6.45) is 7.94. The lowest BCUT2D eigenvalue weighted by Crippen LogP contribution is -2.32. The average molecular weight is 300 g/mol. The third kappa shape index (κ3) is 3.35. The minimum Gasteiger partial charge on any atom is -0.370 e. The maximum atomic E-state index is 11.3. The van der Waals surface area contributed by atoms with Crippen molar-refractivity contribution in [2.24, 2.45) is 5.73 Å². The first-order chi connectivity index (χ1) is 10.6. The van der Waals surface area contributed by atoms with E-state index in [1.54, 1.807) is 0 Å². The van der Waals surface area contributed by atoms with Gasteiger partial charge in [0.05, 0.1) is 0 Å². The van der Waals surface area contributed by atoms with Gasteiger partial charge in [0, 0.05) is 12.5 Å². The van der Waals surface area contributed by atoms with E-state index < -0.39 is 0 Å². The highest BCUT2D eigenvalue weighted by Crippen LogP contribution is 2.36. The number of carbonyl (C=O) groups is 1. The second-order valence-electron chi connectivity index (χ2n) is 6.99. The fourth-order valence-corrected chi connectivity index (χ4v) is 4.17. The molecule has 1 aliphatic carbocycles. The molecule has 1 heterocycles. The third-order valence-corrected chi connectivity index (χ3v) is 5.47. The van der Waals surface area contributed by atoms with Gasteiger partial charge in [0.15, 0.2) is 0 Å². The van der Waals surface area contributed by atoms with E-state index in [2.05, 4.69) is 30.0 Å². The van der Waals surface area contributed by atoms with E-state index in [1.165, 1.54) is 55.5 Å². The van der Waals surface area contributed by atoms with Crippen molar-refractivity contribution in [2.45, 2.75) is 63.8 Å². The van der Waals surface area contributed by atoms with Crippen LogP contribution < -0.4 is 5.73 Å². The normalized spacial score (nSPS) is 23.8. The third-order valence-electron chi connectivity index (χ3n) is 5.47. The first-order valence-electron chi connectivity index (χ1n) is 8.80. The number of primary amides is 1. The predicted molar refractivity (Wildman–Crippen MR) is 89.8 cm³/mol. The van der Waals surface area contributed by atoms with Gasteiger partial charge in [-0.2, -0.15) is 0 Å². The van der Waals surface area contributed by atoms with Crippen LogP contribution in [0.4, 0.5) is 0 Å². The fraction of sp³-hybridized carbons (Fsp3) is 0.632. The zero-order valence-electron chi connectivity index (χ0n) is 13.7. The van der Waals surface area contributed by atoms with Gasteiger partial charge in [0.25, 0.3) is 0 Å². The van der Waals surface area contributed by atoms with Crippen LogP contribution in [-0.2, 0) is 11.2 Å². The number of rotatable bonds is 4. The van der Waals surface area contributed by atoms with Gasteiger partial charge in [0.1, 0.15) is 0 Å². The molecule has 1 saturated heterocycles. The van der Waals surface area contributed by atoms with Crippen LogP contribution in [0.2, 0.25) is 0 Å². The largest absolute Gasteiger partial charge is 0.370 e. The van der Waals surface area contributed by atoms with Crippen LogP contribution in [0.5, 0.6) is 0 Å². The highest BCUT2D eigenvalue weighted by molar-refractivity contribution is 5.75. The number of aryl methyl sites for hydroxylation is 1. The van der Waals surface area contributed by atoms with Crippen LogP contribution in [0.3, 0.4) is 0 Å². The molecule has 2 aliphatic rings. The summed E-state index contributed by atoms with van der Waals surface area (Å²) >= 11 is 0. The van der Waals surface area contributed by atoms with Gasteiger partial charge < -0.3 is 5.73 Å². The number of piperidine rings is 1. The summed E-state index contributed by atoms with van der Waals surface area (Å²) < 4.78 is 0. The maximum Gasteiger partial charge on any atom is 0.218 e. The number of hydrogen-bond donors (Lipinski definition) is 1. The van der Waals surface area contributed by atoms with E-state index >= 15 is 0 Å². The van der Waals surface area contributed by atoms with Crippen molar-refractivity contribution in [1.29, 1.82) is 0 Å². The lowest BCUT2D eigenvalue weighted by Gasteiger charge is -2.33. The van der Waals surface area contributed by atoms with Crippen LogP contribution in [0.15, 0.2) is 18.2 Å². The fourth-order valence-electron chi connectivity index (χ4n) is 4.17. The van der Waals surface area contributed by atoms with Crippen LogP contribution in [0.1, 0.15) is 74.1 Å².